The fourth-order valence-corrected chi connectivity index (χ4v) is 4.68. The van der Waals surface area contributed by atoms with Crippen LogP contribution in [0.4, 0.5) is 16.4 Å². The summed E-state index contributed by atoms with van der Waals surface area (Å²) >= 11 is 0. The standard InChI is InChI=1S/C30H37N5O5/c1-4-40-28(36)25-18-31-29(32-19-25)34-16-14-22(15-17-34)20-35(21-27(38-2)39-3)30(37)33-26-12-10-24(11-13-26)23-8-6-5-7-9-23/h5-13,18-19,22,27H,4,14-17,20-21H2,1-3H3,(H,33,37). The molecule has 0 atom stereocenters. The average Bonchev–Trinajstić information content (AvgIpc) is 3.00. The van der Waals surface area contributed by atoms with Gasteiger partial charge in [-0.2, -0.15) is 0 Å². The molecule has 0 aliphatic carbocycles. The van der Waals surface area contributed by atoms with Crippen LogP contribution in [0.1, 0.15) is 30.1 Å². The van der Waals surface area contributed by atoms with Crippen LogP contribution in [0.5, 0.6) is 0 Å². The molecule has 10 nitrogen and oxygen atoms in total. The Kier molecular flexibility index (Phi) is 10.4. The van der Waals surface area contributed by atoms with Crippen LogP contribution in [-0.2, 0) is 14.2 Å². The first kappa shape index (κ1) is 29.0. The SMILES string of the molecule is CCOC(=O)c1cnc(N2CCC(CN(CC(OC)OC)C(=O)Nc3ccc(-c4ccccc4)cc3)CC2)nc1. The van der Waals surface area contributed by atoms with Gasteiger partial charge >= 0.3 is 12.0 Å². The molecule has 1 N–H and O–H groups in total. The molecule has 4 rings (SSSR count). The summed E-state index contributed by atoms with van der Waals surface area (Å²) in [5, 5.41) is 3.03. The van der Waals surface area contributed by atoms with Crippen LogP contribution in [0.2, 0.25) is 0 Å². The minimum atomic E-state index is -0.530. The molecule has 0 saturated carbocycles. The van der Waals surface area contributed by atoms with Gasteiger partial charge < -0.3 is 29.3 Å². The fourth-order valence-electron chi connectivity index (χ4n) is 4.68. The molecule has 2 amide bonds. The Morgan fingerprint density at radius 2 is 1.60 bits per heavy atom. The third-order valence-electron chi connectivity index (χ3n) is 6.95. The number of piperidine rings is 1. The molecule has 0 radical (unpaired) electrons. The van der Waals surface area contributed by atoms with Crippen molar-refractivity contribution in [2.45, 2.75) is 26.1 Å². The van der Waals surface area contributed by atoms with Gasteiger partial charge in [0.15, 0.2) is 6.29 Å². The summed E-state index contributed by atoms with van der Waals surface area (Å²) < 4.78 is 15.8. The molecule has 1 aromatic heterocycles. The molecule has 212 valence electrons. The largest absolute Gasteiger partial charge is 0.462 e. The van der Waals surface area contributed by atoms with Gasteiger partial charge in [0.25, 0.3) is 0 Å². The van der Waals surface area contributed by atoms with Crippen LogP contribution < -0.4 is 10.2 Å². The van der Waals surface area contributed by atoms with E-state index >= 15 is 0 Å². The summed E-state index contributed by atoms with van der Waals surface area (Å²) in [6, 6.07) is 17.7. The number of amides is 2. The molecule has 10 heteroatoms. The van der Waals surface area contributed by atoms with Crippen molar-refractivity contribution in [3.8, 4) is 11.1 Å². The highest BCUT2D eigenvalue weighted by Crippen LogP contribution is 2.24. The molecule has 0 unspecified atom stereocenters. The summed E-state index contributed by atoms with van der Waals surface area (Å²) in [7, 11) is 3.14. The first-order valence-electron chi connectivity index (χ1n) is 13.5. The second-order valence-corrected chi connectivity index (χ2v) is 9.60. The number of hydrogen-bond donors (Lipinski definition) is 1. The third kappa shape index (κ3) is 7.77. The van der Waals surface area contributed by atoms with Crippen molar-refractivity contribution in [3.05, 3.63) is 72.6 Å². The van der Waals surface area contributed by atoms with Gasteiger partial charge in [0.1, 0.15) is 0 Å². The zero-order valence-electron chi connectivity index (χ0n) is 23.3. The molecule has 1 fully saturated rings. The Balaban J connectivity index is 1.35. The summed E-state index contributed by atoms with van der Waals surface area (Å²) in [5.41, 5.74) is 3.26. The highest BCUT2D eigenvalue weighted by Gasteiger charge is 2.27. The molecular weight excluding hydrogens is 510 g/mol. The van der Waals surface area contributed by atoms with E-state index in [9.17, 15) is 9.59 Å². The minimum absolute atomic E-state index is 0.202. The van der Waals surface area contributed by atoms with Gasteiger partial charge in [-0.25, -0.2) is 19.6 Å². The summed E-state index contributed by atoms with van der Waals surface area (Å²) in [5.74, 6) is 0.443. The van der Waals surface area contributed by atoms with Crippen molar-refractivity contribution in [1.29, 1.82) is 0 Å². The third-order valence-corrected chi connectivity index (χ3v) is 6.95. The first-order chi connectivity index (χ1) is 19.5. The van der Waals surface area contributed by atoms with Crippen molar-refractivity contribution >= 4 is 23.6 Å². The summed E-state index contributed by atoms with van der Waals surface area (Å²) in [4.78, 5) is 37.8. The lowest BCUT2D eigenvalue weighted by Crippen LogP contribution is -2.46. The number of hydrogen-bond acceptors (Lipinski definition) is 8. The number of aromatic nitrogens is 2. The number of nitrogens with zero attached hydrogens (tertiary/aromatic N) is 4. The number of nitrogens with one attached hydrogen (secondary N) is 1. The van der Waals surface area contributed by atoms with Crippen molar-refractivity contribution in [2.24, 2.45) is 5.92 Å². The molecule has 0 bridgehead atoms. The van der Waals surface area contributed by atoms with Crippen molar-refractivity contribution in [1.82, 2.24) is 14.9 Å². The summed E-state index contributed by atoms with van der Waals surface area (Å²) in [6.07, 6.45) is 4.20. The zero-order valence-corrected chi connectivity index (χ0v) is 23.3. The average molecular weight is 548 g/mol. The number of carbonyl (C=O) groups excluding carboxylic acids is 2. The van der Waals surface area contributed by atoms with Gasteiger partial charge in [0, 0.05) is 51.9 Å². The Labute approximate surface area is 235 Å². The Morgan fingerprint density at radius 1 is 0.975 bits per heavy atom. The molecule has 3 aromatic rings. The van der Waals surface area contributed by atoms with E-state index in [-0.39, 0.29) is 11.9 Å². The number of urea groups is 1. The maximum atomic E-state index is 13.4. The molecule has 2 heterocycles. The van der Waals surface area contributed by atoms with Crippen molar-refractivity contribution in [2.75, 3.05) is 57.2 Å². The van der Waals surface area contributed by atoms with Gasteiger partial charge in [-0.3, -0.25) is 0 Å². The predicted molar refractivity (Wildman–Crippen MR) is 153 cm³/mol. The normalized spacial score (nSPS) is 13.8. The van der Waals surface area contributed by atoms with E-state index in [2.05, 4.69) is 32.3 Å². The Hall–Kier alpha value is -4.02. The molecule has 40 heavy (non-hydrogen) atoms. The van der Waals surface area contributed by atoms with E-state index < -0.39 is 12.3 Å². The van der Waals surface area contributed by atoms with Crippen LogP contribution in [0, 0.1) is 5.92 Å². The van der Waals surface area contributed by atoms with E-state index in [0.717, 1.165) is 42.7 Å². The number of rotatable bonds is 11. The number of anilines is 2. The van der Waals surface area contributed by atoms with Crippen LogP contribution in [0.15, 0.2) is 67.0 Å². The molecular formula is C30H37N5O5. The number of benzene rings is 2. The van der Waals surface area contributed by atoms with Gasteiger partial charge in [0.2, 0.25) is 5.95 Å². The molecule has 2 aromatic carbocycles. The Morgan fingerprint density at radius 3 is 2.20 bits per heavy atom. The maximum absolute atomic E-state index is 13.4. The molecule has 1 saturated heterocycles. The van der Waals surface area contributed by atoms with Crippen LogP contribution in [-0.4, -0.2) is 80.2 Å². The highest BCUT2D eigenvalue weighted by molar-refractivity contribution is 5.90. The van der Waals surface area contributed by atoms with Crippen molar-refractivity contribution < 1.29 is 23.8 Å². The van der Waals surface area contributed by atoms with E-state index in [1.165, 1.54) is 12.4 Å². The van der Waals surface area contributed by atoms with Crippen molar-refractivity contribution in [3.63, 3.8) is 0 Å². The second-order valence-electron chi connectivity index (χ2n) is 9.60. The first-order valence-corrected chi connectivity index (χ1v) is 13.5. The lowest BCUT2D eigenvalue weighted by Gasteiger charge is -2.35. The van der Waals surface area contributed by atoms with Crippen LogP contribution in [0.25, 0.3) is 11.1 Å². The zero-order chi connectivity index (χ0) is 28.3. The highest BCUT2D eigenvalue weighted by atomic mass is 16.7. The van der Waals surface area contributed by atoms with Crippen LogP contribution in [0.3, 0.4) is 0 Å². The fraction of sp³-hybridized carbons (Fsp3) is 0.400. The topological polar surface area (TPSA) is 106 Å². The smallest absolute Gasteiger partial charge is 0.341 e. The van der Waals surface area contributed by atoms with E-state index in [1.807, 2.05) is 42.5 Å². The Bertz CT molecular complexity index is 1210. The molecule has 1 aliphatic heterocycles. The van der Waals surface area contributed by atoms with Gasteiger partial charge in [-0.15, -0.1) is 0 Å². The number of esters is 1. The number of carbonyl (C=O) groups is 2. The minimum Gasteiger partial charge on any atom is -0.462 e. The monoisotopic (exact) mass is 547 g/mol. The van der Waals surface area contributed by atoms with E-state index in [4.69, 9.17) is 14.2 Å². The van der Waals surface area contributed by atoms with E-state index in [0.29, 0.717) is 31.2 Å². The lowest BCUT2D eigenvalue weighted by molar-refractivity contribution is -0.111. The quantitative estimate of drug-likeness (QED) is 0.272. The van der Waals surface area contributed by atoms with Gasteiger partial charge in [-0.05, 0) is 48.9 Å². The molecule has 1 aliphatic rings. The van der Waals surface area contributed by atoms with E-state index in [1.54, 1.807) is 26.0 Å². The van der Waals surface area contributed by atoms with Gasteiger partial charge in [-0.1, -0.05) is 42.5 Å². The van der Waals surface area contributed by atoms with Crippen LogP contribution >= 0.6 is 0 Å². The predicted octanol–water partition coefficient (Wildman–Crippen LogP) is 4.69. The van der Waals surface area contributed by atoms with Gasteiger partial charge in [0.05, 0.1) is 18.7 Å². The molecule has 0 spiro atoms. The summed E-state index contributed by atoms with van der Waals surface area (Å²) in [6.45, 7) is 4.43. The number of methoxy groups -OCH3 is 2. The lowest BCUT2D eigenvalue weighted by atomic mass is 9.96. The number of ether oxygens (including phenoxy) is 3. The second kappa shape index (κ2) is 14.4. The maximum Gasteiger partial charge on any atom is 0.341 e.